The van der Waals surface area contributed by atoms with Crippen LogP contribution < -0.4 is 10.9 Å². The Labute approximate surface area is 161 Å². The molecule has 2 heterocycles. The zero-order chi connectivity index (χ0) is 18.6. The molecule has 0 spiro atoms. The number of halogens is 1. The molecule has 0 radical (unpaired) electrons. The highest BCUT2D eigenvalue weighted by Gasteiger charge is 2.18. The van der Waals surface area contributed by atoms with E-state index in [1.807, 2.05) is 30.3 Å². The van der Waals surface area contributed by atoms with Crippen molar-refractivity contribution < 1.29 is 13.9 Å². The van der Waals surface area contributed by atoms with Crippen LogP contribution in [-0.4, -0.2) is 25.2 Å². The fraction of sp³-hybridized carbons (Fsp3) is 0.238. The Bertz CT molecular complexity index is 1020. The molecule has 5 nitrogen and oxygen atoms in total. The van der Waals surface area contributed by atoms with Crippen molar-refractivity contribution in [1.82, 2.24) is 5.32 Å². The summed E-state index contributed by atoms with van der Waals surface area (Å²) in [5, 5.41) is 4.26. The van der Waals surface area contributed by atoms with E-state index in [4.69, 9.17) is 20.8 Å². The molecule has 1 fully saturated rings. The topological polar surface area (TPSA) is 63.8 Å². The van der Waals surface area contributed by atoms with Crippen LogP contribution in [0.4, 0.5) is 5.69 Å². The molecule has 1 aromatic heterocycles. The van der Waals surface area contributed by atoms with E-state index in [1.165, 1.54) is 0 Å². The number of ether oxygens (including phenoxy) is 1. The van der Waals surface area contributed by atoms with Gasteiger partial charge in [-0.2, -0.15) is 0 Å². The number of hydrogen-bond donors (Lipinski definition) is 1. The van der Waals surface area contributed by atoms with Gasteiger partial charge in [-0.1, -0.05) is 29.8 Å². The molecule has 27 heavy (non-hydrogen) atoms. The fourth-order valence-corrected chi connectivity index (χ4v) is 3.25. The van der Waals surface area contributed by atoms with Gasteiger partial charge in [0.25, 0.3) is 5.91 Å². The van der Waals surface area contributed by atoms with Gasteiger partial charge in [0.1, 0.15) is 11.1 Å². The molecule has 1 atom stereocenters. The molecule has 1 saturated heterocycles. The Hall–Kier alpha value is -2.63. The van der Waals surface area contributed by atoms with Crippen molar-refractivity contribution in [1.29, 1.82) is 0 Å². The van der Waals surface area contributed by atoms with E-state index in [1.54, 1.807) is 24.3 Å². The lowest BCUT2D eigenvalue weighted by Gasteiger charge is -2.11. The molecule has 1 N–H and O–H groups in total. The highest BCUT2D eigenvalue weighted by Crippen LogP contribution is 2.20. The van der Waals surface area contributed by atoms with E-state index in [2.05, 4.69) is 10.3 Å². The normalized spacial score (nSPS) is 17.4. The van der Waals surface area contributed by atoms with Gasteiger partial charge < -0.3 is 14.5 Å². The first-order chi connectivity index (χ1) is 13.2. The number of nitrogens with zero attached hydrogens (tertiary/aromatic N) is 1. The minimum atomic E-state index is -0.245. The fourth-order valence-electron chi connectivity index (χ4n) is 3.07. The summed E-state index contributed by atoms with van der Waals surface area (Å²) in [4.78, 5) is 17.3. The molecule has 4 rings (SSSR count). The number of para-hydroxylation sites is 1. The second kappa shape index (κ2) is 7.94. The van der Waals surface area contributed by atoms with Crippen LogP contribution in [0.1, 0.15) is 23.2 Å². The largest absolute Gasteiger partial charge is 0.438 e. The maximum Gasteiger partial charge on any atom is 0.256 e. The van der Waals surface area contributed by atoms with Gasteiger partial charge in [-0.05, 0) is 49.2 Å². The maximum absolute atomic E-state index is 12.8. The van der Waals surface area contributed by atoms with Crippen molar-refractivity contribution in [3.8, 4) is 0 Å². The summed E-state index contributed by atoms with van der Waals surface area (Å²) >= 11 is 6.09. The lowest BCUT2D eigenvalue weighted by molar-refractivity contribution is 0.0854. The van der Waals surface area contributed by atoms with E-state index in [0.29, 0.717) is 28.4 Å². The van der Waals surface area contributed by atoms with Crippen molar-refractivity contribution >= 4 is 34.2 Å². The second-order valence-electron chi connectivity index (χ2n) is 6.44. The van der Waals surface area contributed by atoms with Crippen LogP contribution in [-0.2, 0) is 4.74 Å². The molecule has 138 valence electrons. The van der Waals surface area contributed by atoms with E-state index in [-0.39, 0.29) is 17.6 Å². The molecule has 0 saturated carbocycles. The van der Waals surface area contributed by atoms with E-state index < -0.39 is 0 Å². The summed E-state index contributed by atoms with van der Waals surface area (Å²) in [6.07, 6.45) is 2.05. The van der Waals surface area contributed by atoms with Gasteiger partial charge in [-0.25, -0.2) is 4.99 Å². The number of rotatable bonds is 4. The highest BCUT2D eigenvalue weighted by atomic mass is 35.5. The molecular formula is C21H19ClN2O3. The first kappa shape index (κ1) is 17.8. The van der Waals surface area contributed by atoms with Gasteiger partial charge in [0, 0.05) is 23.6 Å². The third-order valence-corrected chi connectivity index (χ3v) is 4.69. The lowest BCUT2D eigenvalue weighted by Crippen LogP contribution is -2.34. The van der Waals surface area contributed by atoms with Crippen molar-refractivity contribution in [3.05, 3.63) is 70.7 Å². The number of amides is 1. The molecule has 2 aromatic carbocycles. The number of benzene rings is 2. The summed E-state index contributed by atoms with van der Waals surface area (Å²) in [7, 11) is 0. The average molecular weight is 383 g/mol. The number of hydrogen-bond acceptors (Lipinski definition) is 4. The van der Waals surface area contributed by atoms with Crippen LogP contribution in [0.25, 0.3) is 11.0 Å². The monoisotopic (exact) mass is 382 g/mol. The summed E-state index contributed by atoms with van der Waals surface area (Å²) in [6, 6.07) is 16.4. The predicted molar refractivity (Wildman–Crippen MR) is 104 cm³/mol. The second-order valence-corrected chi connectivity index (χ2v) is 6.88. The first-order valence-corrected chi connectivity index (χ1v) is 9.30. The number of fused-ring (bicyclic) bond motifs is 1. The van der Waals surface area contributed by atoms with Crippen molar-refractivity contribution in [2.24, 2.45) is 4.99 Å². The van der Waals surface area contributed by atoms with Crippen molar-refractivity contribution in [2.45, 2.75) is 18.9 Å². The Kier molecular flexibility index (Phi) is 5.23. The third kappa shape index (κ3) is 4.21. The molecule has 1 aliphatic rings. The molecule has 3 aromatic rings. The van der Waals surface area contributed by atoms with Gasteiger partial charge in [-0.3, -0.25) is 4.79 Å². The van der Waals surface area contributed by atoms with Crippen LogP contribution in [0.2, 0.25) is 5.02 Å². The molecule has 6 heteroatoms. The maximum atomic E-state index is 12.8. The van der Waals surface area contributed by atoms with Gasteiger partial charge in [0.15, 0.2) is 0 Å². The lowest BCUT2D eigenvalue weighted by atomic mass is 10.1. The van der Waals surface area contributed by atoms with Crippen molar-refractivity contribution in [2.75, 3.05) is 13.2 Å². The van der Waals surface area contributed by atoms with E-state index >= 15 is 0 Å². The van der Waals surface area contributed by atoms with Crippen LogP contribution >= 0.6 is 11.6 Å². The SMILES string of the molecule is O=C(NC[C@@H]1CCCO1)c1cc2cc(Cl)ccc2oc1=Nc1ccccc1. The quantitative estimate of drug-likeness (QED) is 0.734. The first-order valence-electron chi connectivity index (χ1n) is 8.92. The smallest absolute Gasteiger partial charge is 0.256 e. The molecule has 0 unspecified atom stereocenters. The molecule has 0 aliphatic carbocycles. The molecule has 1 amide bonds. The van der Waals surface area contributed by atoms with Crippen LogP contribution in [0.3, 0.4) is 0 Å². The van der Waals surface area contributed by atoms with E-state index in [9.17, 15) is 4.79 Å². The number of carbonyl (C=O) groups excluding carboxylic acids is 1. The Morgan fingerprint density at radius 2 is 2.04 bits per heavy atom. The average Bonchev–Trinajstić information content (AvgIpc) is 3.20. The van der Waals surface area contributed by atoms with Crippen LogP contribution in [0, 0.1) is 0 Å². The summed E-state index contributed by atoms with van der Waals surface area (Å²) < 4.78 is 11.5. The Morgan fingerprint density at radius 3 is 2.81 bits per heavy atom. The van der Waals surface area contributed by atoms with Gasteiger partial charge in [-0.15, -0.1) is 0 Å². The zero-order valence-electron chi connectivity index (χ0n) is 14.7. The molecule has 0 bridgehead atoms. The summed E-state index contributed by atoms with van der Waals surface area (Å²) in [5.74, 6) is -0.245. The van der Waals surface area contributed by atoms with E-state index in [0.717, 1.165) is 24.8 Å². The summed E-state index contributed by atoms with van der Waals surface area (Å²) in [6.45, 7) is 1.22. The predicted octanol–water partition coefficient (Wildman–Crippen LogP) is 4.23. The highest BCUT2D eigenvalue weighted by molar-refractivity contribution is 6.31. The van der Waals surface area contributed by atoms with Crippen molar-refractivity contribution in [3.63, 3.8) is 0 Å². The third-order valence-electron chi connectivity index (χ3n) is 4.45. The number of carbonyl (C=O) groups is 1. The van der Waals surface area contributed by atoms with Gasteiger partial charge in [0.2, 0.25) is 5.55 Å². The number of nitrogens with one attached hydrogen (secondary N) is 1. The standard InChI is InChI=1S/C21H19ClN2O3/c22-15-8-9-19-14(11-15)12-18(20(25)23-13-17-7-4-10-26-17)21(27-19)24-16-5-2-1-3-6-16/h1-3,5-6,8-9,11-12,17H,4,7,10,13H2,(H,23,25)/t17-/m0/s1. The van der Waals surface area contributed by atoms with Crippen LogP contribution in [0.15, 0.2) is 64.0 Å². The molecular weight excluding hydrogens is 364 g/mol. The minimum Gasteiger partial charge on any atom is -0.438 e. The van der Waals surface area contributed by atoms with Gasteiger partial charge >= 0.3 is 0 Å². The van der Waals surface area contributed by atoms with Gasteiger partial charge in [0.05, 0.1) is 11.8 Å². The summed E-state index contributed by atoms with van der Waals surface area (Å²) in [5.41, 5.74) is 1.96. The Morgan fingerprint density at radius 1 is 1.19 bits per heavy atom. The van der Waals surface area contributed by atoms with Crippen LogP contribution in [0.5, 0.6) is 0 Å². The molecule has 1 aliphatic heterocycles. The zero-order valence-corrected chi connectivity index (χ0v) is 15.4. The Balaban J connectivity index is 1.74. The minimum absolute atomic E-state index is 0.0651.